The van der Waals surface area contributed by atoms with Gasteiger partial charge in [-0.3, -0.25) is 4.68 Å². The minimum atomic E-state index is -0.00222. The maximum absolute atomic E-state index is 6.34. The zero-order valence-corrected chi connectivity index (χ0v) is 13.2. The Morgan fingerprint density at radius 3 is 2.63 bits per heavy atom. The number of nitrogens with two attached hydrogens (primary N) is 1. The van der Waals surface area contributed by atoms with Crippen LogP contribution in [0.5, 0.6) is 0 Å². The van der Waals surface area contributed by atoms with E-state index in [0.717, 1.165) is 28.7 Å². The predicted molar refractivity (Wildman–Crippen MR) is 82.1 cm³/mol. The second-order valence-electron chi connectivity index (χ2n) is 4.97. The Bertz CT molecular complexity index is 555. The molecular formula is C15H20BrN3. The van der Waals surface area contributed by atoms with Gasteiger partial charge in [-0.2, -0.15) is 5.10 Å². The molecule has 3 nitrogen and oxygen atoms in total. The Labute approximate surface area is 122 Å². The summed E-state index contributed by atoms with van der Waals surface area (Å²) in [4.78, 5) is 0. The molecule has 0 aliphatic rings. The number of hydrogen-bond donors (Lipinski definition) is 1. The highest BCUT2D eigenvalue weighted by molar-refractivity contribution is 9.10. The number of aromatic nitrogens is 2. The Balaban J connectivity index is 2.22. The Hall–Kier alpha value is -1.13. The summed E-state index contributed by atoms with van der Waals surface area (Å²) in [5.41, 5.74) is 11.0. The molecule has 2 N–H and O–H groups in total. The molecule has 1 aromatic heterocycles. The van der Waals surface area contributed by atoms with Gasteiger partial charge in [0.05, 0.1) is 5.69 Å². The highest BCUT2D eigenvalue weighted by Gasteiger charge is 2.12. The number of hydrogen-bond acceptors (Lipinski definition) is 2. The van der Waals surface area contributed by atoms with Crippen LogP contribution >= 0.6 is 15.9 Å². The fourth-order valence-electron chi connectivity index (χ4n) is 2.36. The number of benzene rings is 1. The maximum Gasteiger partial charge on any atom is 0.0596 e. The van der Waals surface area contributed by atoms with Crippen LogP contribution in [0.15, 0.2) is 28.7 Å². The summed E-state index contributed by atoms with van der Waals surface area (Å²) in [7, 11) is 0. The molecule has 0 saturated heterocycles. The lowest BCUT2D eigenvalue weighted by molar-refractivity contribution is 0.587. The van der Waals surface area contributed by atoms with Crippen molar-refractivity contribution in [1.29, 1.82) is 0 Å². The van der Waals surface area contributed by atoms with Crippen LogP contribution < -0.4 is 5.73 Å². The fraction of sp³-hybridized carbons (Fsp3) is 0.400. The van der Waals surface area contributed by atoms with Crippen LogP contribution in [0.3, 0.4) is 0 Å². The number of rotatable bonds is 4. The average Bonchev–Trinajstić information content (AvgIpc) is 2.68. The molecule has 0 amide bonds. The highest BCUT2D eigenvalue weighted by Crippen LogP contribution is 2.22. The minimum absolute atomic E-state index is 0.00222. The quantitative estimate of drug-likeness (QED) is 0.936. The minimum Gasteiger partial charge on any atom is -0.324 e. The zero-order chi connectivity index (χ0) is 14.0. The number of nitrogens with zero attached hydrogens (tertiary/aromatic N) is 2. The molecule has 0 spiro atoms. The molecule has 1 atom stereocenters. The van der Waals surface area contributed by atoms with E-state index in [9.17, 15) is 0 Å². The first-order chi connectivity index (χ1) is 8.99. The summed E-state index contributed by atoms with van der Waals surface area (Å²) in [5.74, 6) is 0. The maximum atomic E-state index is 6.34. The standard InChI is InChI=1S/C15H20BrN3/c1-4-19-14(7-11(3)18-19)9-15(17)12-5-10(2)6-13(16)8-12/h5-8,15H,4,9,17H2,1-3H3. The number of halogens is 1. The molecule has 19 heavy (non-hydrogen) atoms. The van der Waals surface area contributed by atoms with Gasteiger partial charge in [-0.15, -0.1) is 0 Å². The van der Waals surface area contributed by atoms with Gasteiger partial charge in [0.1, 0.15) is 0 Å². The lowest BCUT2D eigenvalue weighted by Gasteiger charge is -2.14. The normalized spacial score (nSPS) is 12.7. The van der Waals surface area contributed by atoms with Crippen molar-refractivity contribution in [3.63, 3.8) is 0 Å². The third-order valence-electron chi connectivity index (χ3n) is 3.21. The van der Waals surface area contributed by atoms with E-state index in [0.29, 0.717) is 0 Å². The van der Waals surface area contributed by atoms with E-state index >= 15 is 0 Å². The highest BCUT2D eigenvalue weighted by atomic mass is 79.9. The molecule has 1 heterocycles. The Morgan fingerprint density at radius 1 is 1.26 bits per heavy atom. The molecule has 0 aliphatic heterocycles. The second kappa shape index (κ2) is 5.88. The second-order valence-corrected chi connectivity index (χ2v) is 5.88. The molecule has 0 bridgehead atoms. The van der Waals surface area contributed by atoms with Crippen molar-refractivity contribution in [2.75, 3.05) is 0 Å². The van der Waals surface area contributed by atoms with Gasteiger partial charge in [0.2, 0.25) is 0 Å². The van der Waals surface area contributed by atoms with Crippen molar-refractivity contribution >= 4 is 15.9 Å². The predicted octanol–water partition coefficient (Wildman–Crippen LogP) is 3.52. The van der Waals surface area contributed by atoms with E-state index in [4.69, 9.17) is 5.73 Å². The first-order valence-corrected chi connectivity index (χ1v) is 7.35. The monoisotopic (exact) mass is 321 g/mol. The van der Waals surface area contributed by atoms with E-state index in [1.807, 2.05) is 11.6 Å². The third kappa shape index (κ3) is 3.45. The van der Waals surface area contributed by atoms with Crippen molar-refractivity contribution in [1.82, 2.24) is 9.78 Å². The van der Waals surface area contributed by atoms with Gasteiger partial charge in [-0.05, 0) is 50.1 Å². The van der Waals surface area contributed by atoms with Crippen molar-refractivity contribution < 1.29 is 0 Å². The summed E-state index contributed by atoms with van der Waals surface area (Å²) in [5, 5.41) is 4.46. The first kappa shape index (κ1) is 14.3. The van der Waals surface area contributed by atoms with Gasteiger partial charge >= 0.3 is 0 Å². The summed E-state index contributed by atoms with van der Waals surface area (Å²) < 4.78 is 3.11. The van der Waals surface area contributed by atoms with Gasteiger partial charge in [0.25, 0.3) is 0 Å². The van der Waals surface area contributed by atoms with Gasteiger partial charge in [-0.25, -0.2) is 0 Å². The van der Waals surface area contributed by atoms with Crippen LogP contribution in [0.1, 0.15) is 35.5 Å². The van der Waals surface area contributed by atoms with Gasteiger partial charge in [0.15, 0.2) is 0 Å². The van der Waals surface area contributed by atoms with Crippen LogP contribution in [-0.4, -0.2) is 9.78 Å². The molecule has 2 rings (SSSR count). The SMILES string of the molecule is CCn1nc(C)cc1CC(N)c1cc(C)cc(Br)c1. The molecule has 0 fully saturated rings. The molecule has 102 valence electrons. The van der Waals surface area contributed by atoms with Crippen molar-refractivity contribution in [2.45, 2.75) is 39.8 Å². The summed E-state index contributed by atoms with van der Waals surface area (Å²) in [6, 6.07) is 8.45. The fourth-order valence-corrected chi connectivity index (χ4v) is 2.98. The van der Waals surface area contributed by atoms with Crippen molar-refractivity contribution in [3.8, 4) is 0 Å². The van der Waals surface area contributed by atoms with Gasteiger partial charge in [0, 0.05) is 29.2 Å². The van der Waals surface area contributed by atoms with E-state index in [-0.39, 0.29) is 6.04 Å². The van der Waals surface area contributed by atoms with E-state index in [1.54, 1.807) is 0 Å². The largest absolute Gasteiger partial charge is 0.324 e. The number of aryl methyl sites for hydroxylation is 3. The zero-order valence-electron chi connectivity index (χ0n) is 11.7. The molecule has 0 aliphatic carbocycles. The van der Waals surface area contributed by atoms with Crippen LogP contribution in [0.25, 0.3) is 0 Å². The molecular weight excluding hydrogens is 302 g/mol. The lowest BCUT2D eigenvalue weighted by Crippen LogP contribution is -2.16. The molecule has 0 radical (unpaired) electrons. The lowest BCUT2D eigenvalue weighted by atomic mass is 10.0. The average molecular weight is 322 g/mol. The van der Waals surface area contributed by atoms with Gasteiger partial charge in [-0.1, -0.05) is 22.0 Å². The Morgan fingerprint density at radius 2 is 2.00 bits per heavy atom. The topological polar surface area (TPSA) is 43.8 Å². The smallest absolute Gasteiger partial charge is 0.0596 e. The van der Waals surface area contributed by atoms with Crippen LogP contribution in [-0.2, 0) is 13.0 Å². The summed E-state index contributed by atoms with van der Waals surface area (Å²) in [6.45, 7) is 7.09. The summed E-state index contributed by atoms with van der Waals surface area (Å²) >= 11 is 3.53. The molecule has 4 heteroatoms. The molecule has 2 aromatic rings. The van der Waals surface area contributed by atoms with Crippen molar-refractivity contribution in [3.05, 3.63) is 51.3 Å². The van der Waals surface area contributed by atoms with Crippen molar-refractivity contribution in [2.24, 2.45) is 5.73 Å². The molecule has 1 unspecified atom stereocenters. The van der Waals surface area contributed by atoms with E-state index in [1.165, 1.54) is 11.3 Å². The Kier molecular flexibility index (Phi) is 4.42. The van der Waals surface area contributed by atoms with Crippen LogP contribution in [0.2, 0.25) is 0 Å². The van der Waals surface area contributed by atoms with Gasteiger partial charge < -0.3 is 5.73 Å². The van der Waals surface area contributed by atoms with Crippen LogP contribution in [0.4, 0.5) is 0 Å². The van der Waals surface area contributed by atoms with Crippen LogP contribution in [0, 0.1) is 13.8 Å². The third-order valence-corrected chi connectivity index (χ3v) is 3.66. The van der Waals surface area contributed by atoms with E-state index < -0.39 is 0 Å². The molecule has 1 aromatic carbocycles. The molecule has 0 saturated carbocycles. The summed E-state index contributed by atoms with van der Waals surface area (Å²) in [6.07, 6.45) is 0.810. The van der Waals surface area contributed by atoms with E-state index in [2.05, 4.69) is 59.1 Å². The first-order valence-electron chi connectivity index (χ1n) is 6.55.